The Morgan fingerprint density at radius 1 is 0.529 bits per heavy atom. The molecule has 0 saturated heterocycles. The van der Waals surface area contributed by atoms with Crippen LogP contribution in [0.25, 0.3) is 0 Å². The van der Waals surface area contributed by atoms with Gasteiger partial charge in [0.2, 0.25) is 0 Å². The normalized spacial score (nSPS) is 10.4. The molecule has 2 radical (unpaired) electrons. The molecular weight excluding hydrogens is 387 g/mol. The molecule has 0 fully saturated rings. The first-order valence-electron chi connectivity index (χ1n) is 2.24. The van der Waals surface area contributed by atoms with Gasteiger partial charge in [-0.25, -0.2) is 0 Å². The van der Waals surface area contributed by atoms with E-state index in [0.717, 1.165) is 0 Å². The van der Waals surface area contributed by atoms with Crippen molar-refractivity contribution in [2.24, 2.45) is 0 Å². The zero-order chi connectivity index (χ0) is 13.5. The molecule has 17 heteroatoms. The molecule has 0 aliphatic heterocycles. The molecule has 106 valence electrons. The molecule has 0 aromatic carbocycles. The van der Waals surface area contributed by atoms with E-state index in [-0.39, 0.29) is 37.1 Å². The Hall–Kier alpha value is 1.50. The van der Waals surface area contributed by atoms with E-state index in [2.05, 4.69) is 0 Å². The topological polar surface area (TPSA) is 250 Å². The standard InChI is InChI=1S/3H3O4P.2V/c3*1-5(2,3)4;;/h3*(H3,1,2,3,4);;/p-6. The van der Waals surface area contributed by atoms with E-state index in [0.29, 0.717) is 0 Å². The first-order valence-corrected chi connectivity index (χ1v) is 6.73. The second-order valence-electron chi connectivity index (χ2n) is 1.41. The summed E-state index contributed by atoms with van der Waals surface area (Å²) in [5.74, 6) is 0. The van der Waals surface area contributed by atoms with Gasteiger partial charge in [-0.3, -0.25) is 0 Å². The Morgan fingerprint density at radius 2 is 0.529 bits per heavy atom. The Labute approximate surface area is 118 Å². The SMILES string of the molecule is O=P([O-])([O-])O.O=P([O-])([O-])O.O=P([O-])([O-])O.[V].[V]. The van der Waals surface area contributed by atoms with Crippen LogP contribution in [0.3, 0.4) is 0 Å². The molecule has 0 saturated carbocycles. The van der Waals surface area contributed by atoms with Crippen molar-refractivity contribution in [3.63, 3.8) is 0 Å². The monoisotopic (exact) mass is 390 g/mol. The molecule has 12 nitrogen and oxygen atoms in total. The van der Waals surface area contributed by atoms with Crippen molar-refractivity contribution in [2.45, 2.75) is 0 Å². The van der Waals surface area contributed by atoms with Crippen LogP contribution in [0.4, 0.5) is 0 Å². The summed E-state index contributed by atoms with van der Waals surface area (Å²) < 4.78 is 26.0. The Bertz CT molecular complexity index is 206. The average Bonchev–Trinajstić information content (AvgIpc) is 1.41. The fourth-order valence-electron chi connectivity index (χ4n) is 0. The molecular formula is H3O12P3V2-6. The molecule has 0 amide bonds. The predicted octanol–water partition coefficient (Wildman–Crippen LogP) is -6.58. The molecule has 0 aliphatic rings. The van der Waals surface area contributed by atoms with E-state index in [4.69, 9.17) is 57.7 Å². The van der Waals surface area contributed by atoms with Crippen LogP contribution >= 0.6 is 23.5 Å². The van der Waals surface area contributed by atoms with Crippen molar-refractivity contribution in [3.05, 3.63) is 0 Å². The van der Waals surface area contributed by atoms with Crippen LogP contribution in [0.1, 0.15) is 0 Å². The molecule has 17 heavy (non-hydrogen) atoms. The van der Waals surface area contributed by atoms with Gasteiger partial charge in [0.15, 0.2) is 0 Å². The van der Waals surface area contributed by atoms with Gasteiger partial charge in [0, 0.05) is 37.1 Å². The quantitative estimate of drug-likeness (QED) is 0.327. The third-order valence-electron chi connectivity index (χ3n) is 0. The summed E-state index contributed by atoms with van der Waals surface area (Å²) in [7, 11) is -15.4. The minimum Gasteiger partial charge on any atom is -0.790 e. The van der Waals surface area contributed by atoms with Gasteiger partial charge < -0.3 is 57.7 Å². The smallest absolute Gasteiger partial charge is 0.0557 e. The van der Waals surface area contributed by atoms with Crippen LogP contribution in [0.5, 0.6) is 0 Å². The van der Waals surface area contributed by atoms with Gasteiger partial charge in [-0.05, 0) is 0 Å². The van der Waals surface area contributed by atoms with Crippen LogP contribution in [-0.4, -0.2) is 14.7 Å². The van der Waals surface area contributed by atoms with Crippen LogP contribution < -0.4 is 29.4 Å². The van der Waals surface area contributed by atoms with Crippen LogP contribution in [0.15, 0.2) is 0 Å². The summed E-state index contributed by atoms with van der Waals surface area (Å²) in [4.78, 5) is 72.9. The Kier molecular flexibility index (Phi) is 22.9. The van der Waals surface area contributed by atoms with E-state index in [9.17, 15) is 0 Å². The number of hydrogen-bond acceptors (Lipinski definition) is 9. The third-order valence-corrected chi connectivity index (χ3v) is 0. The predicted molar refractivity (Wildman–Crippen MR) is 29.5 cm³/mol. The van der Waals surface area contributed by atoms with E-state index < -0.39 is 23.5 Å². The Balaban J connectivity index is -0.0000000400. The molecule has 0 aromatic rings. The first-order chi connectivity index (χ1) is 6.00. The van der Waals surface area contributed by atoms with Gasteiger partial charge >= 0.3 is 0 Å². The molecule has 0 atom stereocenters. The summed E-state index contributed by atoms with van der Waals surface area (Å²) >= 11 is 0. The summed E-state index contributed by atoms with van der Waals surface area (Å²) in [6, 6.07) is 0. The van der Waals surface area contributed by atoms with Gasteiger partial charge in [-0.2, -0.15) is 0 Å². The van der Waals surface area contributed by atoms with Crippen molar-refractivity contribution in [1.29, 1.82) is 0 Å². The summed E-state index contributed by atoms with van der Waals surface area (Å²) in [5.41, 5.74) is 0. The van der Waals surface area contributed by atoms with E-state index in [1.165, 1.54) is 0 Å². The molecule has 3 N–H and O–H groups in total. The fourth-order valence-corrected chi connectivity index (χ4v) is 0. The minimum absolute atomic E-state index is 0. The van der Waals surface area contributed by atoms with Crippen molar-refractivity contribution >= 4 is 23.5 Å². The van der Waals surface area contributed by atoms with Crippen LogP contribution in [0.2, 0.25) is 0 Å². The van der Waals surface area contributed by atoms with Gasteiger partial charge in [0.05, 0.1) is 23.5 Å². The van der Waals surface area contributed by atoms with Gasteiger partial charge in [0.1, 0.15) is 0 Å². The van der Waals surface area contributed by atoms with Crippen molar-refractivity contribution in [2.75, 3.05) is 0 Å². The van der Waals surface area contributed by atoms with Crippen molar-refractivity contribution in [1.82, 2.24) is 0 Å². The second-order valence-corrected chi connectivity index (χ2v) is 4.22. The maximum Gasteiger partial charge on any atom is 0.0557 e. The zero-order valence-corrected chi connectivity index (χ0v) is 12.7. The van der Waals surface area contributed by atoms with Crippen LogP contribution in [0, 0.1) is 0 Å². The third kappa shape index (κ3) is 1870. The van der Waals surface area contributed by atoms with E-state index in [1.807, 2.05) is 0 Å². The largest absolute Gasteiger partial charge is 0.790 e. The number of hydrogen-bond donors (Lipinski definition) is 3. The molecule has 0 bridgehead atoms. The molecule has 0 unspecified atom stereocenters. The van der Waals surface area contributed by atoms with Gasteiger partial charge in [-0.1, -0.05) is 0 Å². The molecule has 0 rings (SSSR count). The first kappa shape index (κ1) is 31.1. The second kappa shape index (κ2) is 12.5. The summed E-state index contributed by atoms with van der Waals surface area (Å²) in [6.45, 7) is 0. The fraction of sp³-hybridized carbons (Fsp3) is 0. The maximum absolute atomic E-state index is 8.66. The number of phosphoric acid groups is 3. The van der Waals surface area contributed by atoms with Crippen molar-refractivity contribution in [3.8, 4) is 0 Å². The molecule has 0 spiro atoms. The zero-order valence-electron chi connectivity index (χ0n) is 7.25. The van der Waals surface area contributed by atoms with E-state index >= 15 is 0 Å². The molecule has 0 aliphatic carbocycles. The van der Waals surface area contributed by atoms with Crippen molar-refractivity contribution < 1.29 is 94.8 Å². The summed E-state index contributed by atoms with van der Waals surface area (Å²) in [5, 5.41) is 0. The van der Waals surface area contributed by atoms with Gasteiger partial charge in [-0.15, -0.1) is 0 Å². The Morgan fingerprint density at radius 3 is 0.529 bits per heavy atom. The van der Waals surface area contributed by atoms with E-state index in [1.54, 1.807) is 0 Å². The molecule has 0 heterocycles. The summed E-state index contributed by atoms with van der Waals surface area (Å²) in [6.07, 6.45) is 0. The molecule has 0 aromatic heterocycles. The maximum atomic E-state index is 8.66. The van der Waals surface area contributed by atoms with Crippen LogP contribution in [-0.2, 0) is 50.8 Å². The average molecular weight is 390 g/mol. The number of rotatable bonds is 0. The minimum atomic E-state index is -5.14. The van der Waals surface area contributed by atoms with Gasteiger partial charge in [0.25, 0.3) is 0 Å².